The lowest BCUT2D eigenvalue weighted by molar-refractivity contribution is 0.305. The molecule has 0 spiro atoms. The van der Waals surface area contributed by atoms with E-state index in [2.05, 4.69) is 9.88 Å². The quantitative estimate of drug-likeness (QED) is 0.582. The number of piperazine rings is 1. The van der Waals surface area contributed by atoms with Crippen molar-refractivity contribution in [1.82, 2.24) is 9.88 Å². The van der Waals surface area contributed by atoms with E-state index in [9.17, 15) is 8.42 Å². The lowest BCUT2D eigenvalue weighted by Crippen LogP contribution is -2.44. The number of oxazole rings is 1. The second-order valence-corrected chi connectivity index (χ2v) is 9.21. The minimum absolute atomic E-state index is 0.0528. The fourth-order valence-electron chi connectivity index (χ4n) is 3.45. The van der Waals surface area contributed by atoms with Gasteiger partial charge in [-0.3, -0.25) is 0 Å². The van der Waals surface area contributed by atoms with Gasteiger partial charge in [-0.25, -0.2) is 8.42 Å². The minimum Gasteiger partial charge on any atom is -0.496 e. The van der Waals surface area contributed by atoms with Crippen LogP contribution < -0.4 is 9.64 Å². The monoisotopic (exact) mass is 439 g/mol. The van der Waals surface area contributed by atoms with Gasteiger partial charge in [0, 0.05) is 37.8 Å². The second kappa shape index (κ2) is 8.95. The average Bonchev–Trinajstić information content (AvgIpc) is 3.24. The number of aromatic nitrogens is 1. The lowest BCUT2D eigenvalue weighted by atomic mass is 10.2. The van der Waals surface area contributed by atoms with Crippen LogP contribution in [-0.2, 0) is 9.84 Å². The predicted octanol–water partition coefficient (Wildman–Crippen LogP) is 3.44. The number of methoxy groups -OCH3 is 1. The van der Waals surface area contributed by atoms with E-state index in [4.69, 9.17) is 9.15 Å². The van der Waals surface area contributed by atoms with Gasteiger partial charge in [0.05, 0.1) is 12.0 Å². The molecule has 0 N–H and O–H groups in total. The largest absolute Gasteiger partial charge is 0.496 e. The zero-order valence-corrected chi connectivity index (χ0v) is 18.4. The SMILES string of the molecule is COc1ccccc1C=Cc1nc(S(=O)(=O)c2ccccc2)c(N2CCN(C)CC2)o1. The summed E-state index contributed by atoms with van der Waals surface area (Å²) in [5.74, 6) is 1.23. The molecule has 1 aliphatic rings. The minimum atomic E-state index is -3.83. The maximum absolute atomic E-state index is 13.3. The van der Waals surface area contributed by atoms with Crippen LogP contribution in [0.25, 0.3) is 12.2 Å². The second-order valence-electron chi connectivity index (χ2n) is 7.34. The van der Waals surface area contributed by atoms with Crippen molar-refractivity contribution in [3.8, 4) is 5.75 Å². The highest BCUT2D eigenvalue weighted by Gasteiger charge is 2.31. The Hall–Kier alpha value is -3.10. The van der Waals surface area contributed by atoms with E-state index < -0.39 is 9.84 Å². The number of nitrogens with zero attached hydrogens (tertiary/aromatic N) is 3. The third-order valence-electron chi connectivity index (χ3n) is 5.24. The topological polar surface area (TPSA) is 75.9 Å². The molecule has 0 radical (unpaired) electrons. The number of benzene rings is 2. The molecule has 2 heterocycles. The Morgan fingerprint density at radius 1 is 0.968 bits per heavy atom. The van der Waals surface area contributed by atoms with E-state index in [1.807, 2.05) is 36.2 Å². The van der Waals surface area contributed by atoms with Crippen molar-refractivity contribution in [3.05, 3.63) is 66.1 Å². The van der Waals surface area contributed by atoms with Gasteiger partial charge >= 0.3 is 0 Å². The van der Waals surface area contributed by atoms with Crippen LogP contribution in [0.3, 0.4) is 0 Å². The molecule has 0 bridgehead atoms. The van der Waals surface area contributed by atoms with Gasteiger partial charge in [-0.15, -0.1) is 0 Å². The number of anilines is 1. The van der Waals surface area contributed by atoms with Gasteiger partial charge < -0.3 is 19.0 Å². The average molecular weight is 440 g/mol. The molecule has 1 fully saturated rings. The van der Waals surface area contributed by atoms with Gasteiger partial charge in [-0.05, 0) is 31.3 Å². The van der Waals surface area contributed by atoms with Gasteiger partial charge in [-0.1, -0.05) is 36.4 Å². The van der Waals surface area contributed by atoms with E-state index in [1.165, 1.54) is 0 Å². The van der Waals surface area contributed by atoms with Crippen LogP contribution in [0, 0.1) is 0 Å². The molecular weight excluding hydrogens is 414 g/mol. The fraction of sp³-hybridized carbons (Fsp3) is 0.261. The number of sulfone groups is 1. The molecule has 31 heavy (non-hydrogen) atoms. The van der Waals surface area contributed by atoms with Gasteiger partial charge in [-0.2, -0.15) is 4.98 Å². The smallest absolute Gasteiger partial charge is 0.236 e. The number of ether oxygens (including phenoxy) is 1. The fourth-order valence-corrected chi connectivity index (χ4v) is 4.80. The molecule has 0 amide bonds. The number of hydrogen-bond acceptors (Lipinski definition) is 7. The number of para-hydroxylation sites is 1. The highest BCUT2D eigenvalue weighted by atomic mass is 32.2. The molecule has 7 nitrogen and oxygen atoms in total. The van der Waals surface area contributed by atoms with Crippen molar-refractivity contribution in [1.29, 1.82) is 0 Å². The first-order chi connectivity index (χ1) is 15.0. The summed E-state index contributed by atoms with van der Waals surface area (Å²) in [6.07, 6.45) is 3.47. The summed E-state index contributed by atoms with van der Waals surface area (Å²) < 4.78 is 38.0. The highest BCUT2D eigenvalue weighted by Crippen LogP contribution is 2.32. The summed E-state index contributed by atoms with van der Waals surface area (Å²) in [4.78, 5) is 8.72. The molecule has 1 aliphatic heterocycles. The van der Waals surface area contributed by atoms with Crippen molar-refractivity contribution < 1.29 is 17.6 Å². The van der Waals surface area contributed by atoms with Crippen LogP contribution in [0.1, 0.15) is 11.5 Å². The Kier molecular flexibility index (Phi) is 6.11. The highest BCUT2D eigenvalue weighted by molar-refractivity contribution is 7.91. The molecule has 1 saturated heterocycles. The third kappa shape index (κ3) is 4.50. The zero-order chi connectivity index (χ0) is 21.8. The van der Waals surface area contributed by atoms with Crippen LogP contribution >= 0.6 is 0 Å². The normalized spacial score (nSPS) is 15.5. The Labute approximate surface area is 182 Å². The maximum Gasteiger partial charge on any atom is 0.236 e. The summed E-state index contributed by atoms with van der Waals surface area (Å²) in [5, 5.41) is -0.0528. The molecule has 0 aliphatic carbocycles. The van der Waals surface area contributed by atoms with Crippen molar-refractivity contribution in [3.63, 3.8) is 0 Å². The summed E-state index contributed by atoms with van der Waals surface area (Å²) in [7, 11) is -0.179. The molecule has 8 heteroatoms. The van der Waals surface area contributed by atoms with E-state index in [0.717, 1.165) is 18.7 Å². The molecule has 1 aromatic heterocycles. The summed E-state index contributed by atoms with van der Waals surface area (Å²) in [5.41, 5.74) is 0.844. The van der Waals surface area contributed by atoms with E-state index in [-0.39, 0.29) is 21.7 Å². The Bertz CT molecular complexity index is 1160. The molecule has 3 aromatic rings. The number of likely N-dealkylation sites (N-methyl/N-ethyl adjacent to an activating group) is 1. The van der Waals surface area contributed by atoms with Crippen molar-refractivity contribution >= 4 is 27.9 Å². The third-order valence-corrected chi connectivity index (χ3v) is 6.91. The first kappa shape index (κ1) is 21.1. The lowest BCUT2D eigenvalue weighted by Gasteiger charge is -2.32. The summed E-state index contributed by atoms with van der Waals surface area (Å²) in [6.45, 7) is 2.97. The van der Waals surface area contributed by atoms with Crippen LogP contribution in [0.15, 0.2) is 68.9 Å². The van der Waals surface area contributed by atoms with E-state index in [0.29, 0.717) is 18.8 Å². The Morgan fingerprint density at radius 3 is 2.35 bits per heavy atom. The zero-order valence-electron chi connectivity index (χ0n) is 17.6. The molecule has 162 valence electrons. The van der Waals surface area contributed by atoms with Gasteiger partial charge in [0.25, 0.3) is 0 Å². The first-order valence-electron chi connectivity index (χ1n) is 10.0. The van der Waals surface area contributed by atoms with Gasteiger partial charge in [0.1, 0.15) is 5.75 Å². The van der Waals surface area contributed by atoms with Gasteiger partial charge in [0.2, 0.25) is 26.6 Å². The molecule has 0 saturated carbocycles. The van der Waals surface area contributed by atoms with Crippen LogP contribution in [0.2, 0.25) is 0 Å². The standard InChI is InChI=1S/C23H25N3O4S/c1-25-14-16-26(17-15-25)23-22(31(27,28)19-9-4-3-5-10-19)24-21(30-23)13-12-18-8-6-7-11-20(18)29-2/h3-13H,14-17H2,1-2H3. The van der Waals surface area contributed by atoms with Gasteiger partial charge in [0.15, 0.2) is 0 Å². The van der Waals surface area contributed by atoms with E-state index >= 15 is 0 Å². The Morgan fingerprint density at radius 2 is 1.65 bits per heavy atom. The van der Waals surface area contributed by atoms with Crippen molar-refractivity contribution in [2.45, 2.75) is 9.92 Å². The van der Waals surface area contributed by atoms with Crippen molar-refractivity contribution in [2.75, 3.05) is 45.2 Å². The Balaban J connectivity index is 1.75. The van der Waals surface area contributed by atoms with Crippen molar-refractivity contribution in [2.24, 2.45) is 0 Å². The molecule has 4 rings (SSSR count). The molecule has 0 atom stereocenters. The maximum atomic E-state index is 13.3. The molecular formula is C23H25N3O4S. The summed E-state index contributed by atoms with van der Waals surface area (Å²) >= 11 is 0. The first-order valence-corrected chi connectivity index (χ1v) is 11.5. The molecule has 0 unspecified atom stereocenters. The van der Waals surface area contributed by atoms with Crippen LogP contribution in [0.5, 0.6) is 5.75 Å². The summed E-state index contributed by atoms with van der Waals surface area (Å²) in [6, 6.07) is 15.9. The van der Waals surface area contributed by atoms with Crippen LogP contribution in [0.4, 0.5) is 5.88 Å². The molecule has 2 aromatic carbocycles. The van der Waals surface area contributed by atoms with E-state index in [1.54, 1.807) is 49.6 Å². The number of hydrogen-bond donors (Lipinski definition) is 0. The van der Waals surface area contributed by atoms with Crippen LogP contribution in [-0.4, -0.2) is 58.6 Å². The number of rotatable bonds is 6. The predicted molar refractivity (Wildman–Crippen MR) is 120 cm³/mol.